The van der Waals surface area contributed by atoms with Gasteiger partial charge in [-0.1, -0.05) is 59.3 Å². The maximum Gasteiger partial charge on any atom is 0.219 e. The monoisotopic (exact) mass is 375 g/mol. The fraction of sp³-hybridized carbons (Fsp3) is 0.111. The van der Waals surface area contributed by atoms with Gasteiger partial charge in [0.15, 0.2) is 9.74 Å². The number of halogens is 1. The van der Waals surface area contributed by atoms with Crippen LogP contribution in [0.5, 0.6) is 5.88 Å². The minimum Gasteiger partial charge on any atom is -0.493 e. The Balaban J connectivity index is 2.00. The van der Waals surface area contributed by atoms with Crippen molar-refractivity contribution in [3.63, 3.8) is 0 Å². The lowest BCUT2D eigenvalue weighted by molar-refractivity contribution is 0.0994. The summed E-state index contributed by atoms with van der Waals surface area (Å²) in [6.07, 6.45) is 0.214. The van der Waals surface area contributed by atoms with Gasteiger partial charge < -0.3 is 5.11 Å². The molecule has 1 N–H and O–H groups in total. The number of carbonyl (C=O) groups excluding carboxylic acids is 1. The van der Waals surface area contributed by atoms with E-state index in [0.29, 0.717) is 14.7 Å². The highest BCUT2D eigenvalue weighted by molar-refractivity contribution is 7.73. The largest absolute Gasteiger partial charge is 0.493 e. The van der Waals surface area contributed by atoms with Crippen LogP contribution < -0.4 is 0 Å². The van der Waals surface area contributed by atoms with Gasteiger partial charge in [0.2, 0.25) is 5.88 Å². The van der Waals surface area contributed by atoms with E-state index >= 15 is 0 Å². The van der Waals surface area contributed by atoms with Crippen LogP contribution in [0.25, 0.3) is 5.69 Å². The third kappa shape index (κ3) is 3.29. The van der Waals surface area contributed by atoms with E-state index in [4.69, 9.17) is 23.8 Å². The Kier molecular flexibility index (Phi) is 4.85. The predicted octanol–water partition coefficient (Wildman–Crippen LogP) is 5.36. The molecule has 0 aliphatic rings. The number of aryl methyl sites for hydroxylation is 1. The fourth-order valence-corrected chi connectivity index (χ4v) is 3.99. The van der Waals surface area contributed by atoms with Crippen molar-refractivity contribution in [2.45, 2.75) is 13.3 Å². The lowest BCUT2D eigenvalue weighted by atomic mass is 10.1. The molecule has 2 aromatic carbocycles. The lowest BCUT2D eigenvalue weighted by Gasteiger charge is -2.08. The van der Waals surface area contributed by atoms with Crippen LogP contribution in [0, 0.1) is 10.9 Å². The molecule has 0 atom stereocenters. The second-order valence-electron chi connectivity index (χ2n) is 5.40. The highest BCUT2D eigenvalue weighted by Gasteiger charge is 2.21. The Morgan fingerprint density at radius 1 is 1.25 bits per heavy atom. The summed E-state index contributed by atoms with van der Waals surface area (Å²) in [4.78, 5) is 12.8. The van der Waals surface area contributed by atoms with Gasteiger partial charge in [0.05, 0.1) is 10.7 Å². The summed E-state index contributed by atoms with van der Waals surface area (Å²) in [6, 6.07) is 14.9. The third-order valence-corrected chi connectivity index (χ3v) is 5.30. The zero-order valence-corrected chi connectivity index (χ0v) is 15.2. The third-order valence-electron chi connectivity index (χ3n) is 3.59. The van der Waals surface area contributed by atoms with Crippen molar-refractivity contribution in [2.75, 3.05) is 0 Å². The molecule has 0 saturated carbocycles. The maximum atomic E-state index is 12.5. The number of hydrogen-bond donors (Lipinski definition) is 1. The van der Waals surface area contributed by atoms with Gasteiger partial charge in [-0.3, -0.25) is 9.36 Å². The fourth-order valence-electron chi connectivity index (χ4n) is 2.42. The summed E-state index contributed by atoms with van der Waals surface area (Å²) in [7, 11) is 0. The Bertz CT molecular complexity index is 961. The van der Waals surface area contributed by atoms with Crippen molar-refractivity contribution < 1.29 is 9.90 Å². The lowest BCUT2D eigenvalue weighted by Crippen LogP contribution is -2.03. The van der Waals surface area contributed by atoms with Crippen LogP contribution in [0.1, 0.15) is 20.8 Å². The molecule has 0 fully saturated rings. The van der Waals surface area contributed by atoms with Crippen LogP contribution in [-0.2, 0) is 6.42 Å². The predicted molar refractivity (Wildman–Crippen MR) is 100 cm³/mol. The number of carbonyl (C=O) groups is 1. The number of rotatable bonds is 4. The molecular formula is C18H14ClNO2S2. The molecule has 122 valence electrons. The van der Waals surface area contributed by atoms with Gasteiger partial charge in [0.1, 0.15) is 4.88 Å². The number of ketones is 1. The zero-order chi connectivity index (χ0) is 17.3. The van der Waals surface area contributed by atoms with E-state index in [1.54, 1.807) is 12.1 Å². The molecule has 0 radical (unpaired) electrons. The number of aromatic hydroxyl groups is 1. The molecule has 0 saturated heterocycles. The van der Waals surface area contributed by atoms with Crippen LogP contribution in [0.3, 0.4) is 0 Å². The molecule has 0 amide bonds. The maximum absolute atomic E-state index is 12.5. The number of aromatic nitrogens is 1. The van der Waals surface area contributed by atoms with E-state index in [1.807, 2.05) is 43.3 Å². The van der Waals surface area contributed by atoms with Gasteiger partial charge in [-0.15, -0.1) is 0 Å². The second kappa shape index (κ2) is 6.89. The highest BCUT2D eigenvalue weighted by atomic mass is 35.5. The van der Waals surface area contributed by atoms with E-state index in [9.17, 15) is 9.90 Å². The SMILES string of the molecule is Cc1ccc(-n2c(O)c(C(=O)Cc3ccccc3)sc2=S)c(Cl)c1. The summed E-state index contributed by atoms with van der Waals surface area (Å²) in [5.41, 5.74) is 2.46. The van der Waals surface area contributed by atoms with E-state index in [1.165, 1.54) is 4.57 Å². The number of thiazole rings is 1. The smallest absolute Gasteiger partial charge is 0.219 e. The van der Waals surface area contributed by atoms with E-state index in [2.05, 4.69) is 0 Å². The van der Waals surface area contributed by atoms with Crippen molar-refractivity contribution in [1.29, 1.82) is 0 Å². The van der Waals surface area contributed by atoms with E-state index in [0.717, 1.165) is 22.5 Å². The Labute approximate surface area is 153 Å². The molecular weight excluding hydrogens is 362 g/mol. The molecule has 1 heterocycles. The van der Waals surface area contributed by atoms with Gasteiger partial charge in [0, 0.05) is 6.42 Å². The van der Waals surface area contributed by atoms with Gasteiger partial charge in [-0.25, -0.2) is 0 Å². The normalized spacial score (nSPS) is 10.8. The molecule has 0 aliphatic heterocycles. The van der Waals surface area contributed by atoms with Crippen LogP contribution in [0.2, 0.25) is 5.02 Å². The van der Waals surface area contributed by atoms with Gasteiger partial charge in [-0.05, 0) is 42.4 Å². The first-order valence-corrected chi connectivity index (χ1v) is 8.86. The summed E-state index contributed by atoms with van der Waals surface area (Å²) in [6.45, 7) is 1.93. The van der Waals surface area contributed by atoms with Crippen molar-refractivity contribution in [1.82, 2.24) is 4.57 Å². The Morgan fingerprint density at radius 3 is 2.62 bits per heavy atom. The number of hydrogen-bond acceptors (Lipinski definition) is 4. The van der Waals surface area contributed by atoms with Gasteiger partial charge in [0.25, 0.3) is 0 Å². The minimum absolute atomic E-state index is 0.156. The topological polar surface area (TPSA) is 42.2 Å². The Morgan fingerprint density at radius 2 is 1.96 bits per heavy atom. The molecule has 3 aromatic rings. The average Bonchev–Trinajstić information content (AvgIpc) is 2.84. The molecule has 0 unspecified atom stereocenters. The van der Waals surface area contributed by atoms with Crippen molar-refractivity contribution in [3.05, 3.63) is 73.5 Å². The molecule has 24 heavy (non-hydrogen) atoms. The van der Waals surface area contributed by atoms with Crippen LogP contribution >= 0.6 is 35.2 Å². The first-order valence-electron chi connectivity index (χ1n) is 7.26. The van der Waals surface area contributed by atoms with Gasteiger partial charge in [-0.2, -0.15) is 0 Å². The molecule has 1 aromatic heterocycles. The average molecular weight is 376 g/mol. The molecule has 6 heteroatoms. The minimum atomic E-state index is -0.170. The van der Waals surface area contributed by atoms with Crippen molar-refractivity contribution in [2.24, 2.45) is 0 Å². The van der Waals surface area contributed by atoms with Crippen molar-refractivity contribution >= 4 is 40.9 Å². The van der Waals surface area contributed by atoms with E-state index < -0.39 is 0 Å². The van der Waals surface area contributed by atoms with Crippen LogP contribution in [-0.4, -0.2) is 15.5 Å². The number of benzene rings is 2. The number of nitrogens with zero attached hydrogens (tertiary/aromatic N) is 1. The summed E-state index contributed by atoms with van der Waals surface area (Å²) in [5.74, 6) is -0.325. The molecule has 0 spiro atoms. The van der Waals surface area contributed by atoms with Gasteiger partial charge >= 0.3 is 0 Å². The molecule has 0 aliphatic carbocycles. The van der Waals surface area contributed by atoms with E-state index in [-0.39, 0.29) is 23.0 Å². The first-order chi connectivity index (χ1) is 11.5. The zero-order valence-electron chi connectivity index (χ0n) is 12.8. The second-order valence-corrected chi connectivity index (χ2v) is 7.45. The molecule has 0 bridgehead atoms. The highest BCUT2D eigenvalue weighted by Crippen LogP contribution is 2.33. The molecule has 3 rings (SSSR count). The first kappa shape index (κ1) is 16.9. The summed E-state index contributed by atoms with van der Waals surface area (Å²) < 4.78 is 1.83. The standard InChI is InChI=1S/C18H14ClNO2S2/c1-11-7-8-14(13(19)9-11)20-17(22)16(24-18(20)23)15(21)10-12-5-3-2-4-6-12/h2-9,22H,10H2,1H3. The van der Waals surface area contributed by atoms with Crippen LogP contribution in [0.15, 0.2) is 48.5 Å². The quantitative estimate of drug-likeness (QED) is 0.493. The molecule has 3 nitrogen and oxygen atoms in total. The number of Topliss-reactive ketones (excluding diaryl/α,β-unsaturated/α-hetero) is 1. The van der Waals surface area contributed by atoms with Crippen LogP contribution in [0.4, 0.5) is 0 Å². The Hall–Kier alpha value is -1.95. The summed E-state index contributed by atoms with van der Waals surface area (Å²) >= 11 is 12.7. The van der Waals surface area contributed by atoms with Crippen molar-refractivity contribution in [3.8, 4) is 11.6 Å². The summed E-state index contributed by atoms with van der Waals surface area (Å²) in [5, 5.41) is 11.0.